The second kappa shape index (κ2) is 26.2. The molecule has 7 N–H and O–H groups in total. The molecule has 0 spiro atoms. The topological polar surface area (TPSA) is 254 Å². The number of rotatable bonds is 20. The zero-order valence-electron chi connectivity index (χ0n) is 47.7. The van der Waals surface area contributed by atoms with Crippen molar-refractivity contribution >= 4 is 75.4 Å². The van der Waals surface area contributed by atoms with Crippen LogP contribution in [-0.4, -0.2) is 145 Å². The first-order chi connectivity index (χ1) is 39.6. The lowest BCUT2D eigenvalue weighted by Gasteiger charge is -2.34. The Kier molecular flexibility index (Phi) is 18.7. The Balaban J connectivity index is 0.741. The van der Waals surface area contributed by atoms with Crippen molar-refractivity contribution in [3.63, 3.8) is 0 Å². The zero-order chi connectivity index (χ0) is 58.2. The Morgan fingerprint density at radius 2 is 1.71 bits per heavy atom. The summed E-state index contributed by atoms with van der Waals surface area (Å²) >= 11 is 0. The van der Waals surface area contributed by atoms with E-state index in [4.69, 9.17) is 25.0 Å². The van der Waals surface area contributed by atoms with E-state index in [0.29, 0.717) is 160 Å². The van der Waals surface area contributed by atoms with Crippen molar-refractivity contribution in [1.82, 2.24) is 50.1 Å². The Hall–Kier alpha value is -8.15. The van der Waals surface area contributed by atoms with Crippen LogP contribution in [0, 0.1) is 18.3 Å². The summed E-state index contributed by atoms with van der Waals surface area (Å²) in [5.74, 6) is 1.91. The van der Waals surface area contributed by atoms with E-state index in [0.717, 1.165) is 47.9 Å². The van der Waals surface area contributed by atoms with Crippen LogP contribution >= 0.6 is 0 Å². The molecule has 7 heterocycles. The number of unbranched alkanes of at least 4 members (excludes halogenated alkanes) is 2. The molecule has 4 aliphatic rings. The molecule has 9 rings (SSSR count). The van der Waals surface area contributed by atoms with Crippen LogP contribution in [0.2, 0.25) is 0 Å². The number of ether oxygens (including phenoxy) is 2. The van der Waals surface area contributed by atoms with Gasteiger partial charge >= 0.3 is 6.03 Å². The molecular weight excluding hydrogens is 1060 g/mol. The normalized spacial score (nSPS) is 16.0. The number of quaternary nitrogens is 1. The van der Waals surface area contributed by atoms with Crippen molar-refractivity contribution in [2.75, 3.05) is 95.8 Å². The second-order valence-electron chi connectivity index (χ2n) is 21.4. The van der Waals surface area contributed by atoms with Gasteiger partial charge in [-0.25, -0.2) is 18.6 Å². The minimum Gasteiger partial charge on any atom is -0.494 e. The van der Waals surface area contributed by atoms with E-state index in [1.165, 1.54) is 18.7 Å². The first kappa shape index (κ1) is 58.5. The lowest BCUT2D eigenvalue weighted by Crippen LogP contribution is -2.72. The van der Waals surface area contributed by atoms with Gasteiger partial charge in [-0.15, -0.1) is 0 Å². The van der Waals surface area contributed by atoms with Crippen LogP contribution in [0.5, 0.6) is 11.5 Å². The summed E-state index contributed by atoms with van der Waals surface area (Å²) in [4.78, 5) is 82.0. The summed E-state index contributed by atoms with van der Waals surface area (Å²) < 4.78 is 44.3. The number of fused-ring (bicyclic) bond motifs is 3. The van der Waals surface area contributed by atoms with E-state index >= 15 is 0 Å². The summed E-state index contributed by atoms with van der Waals surface area (Å²) in [6.07, 6.45) is 9.25. The largest absolute Gasteiger partial charge is 0.494 e. The number of anilines is 5. The molecule has 2 aromatic carbocycles. The molecule has 0 aliphatic carbocycles. The number of hydrogen-bond donors (Lipinski definition) is 6. The number of halogens is 2. The second-order valence-corrected chi connectivity index (χ2v) is 21.4. The Labute approximate surface area is 475 Å². The Morgan fingerprint density at radius 1 is 0.927 bits per heavy atom. The van der Waals surface area contributed by atoms with Gasteiger partial charge < -0.3 is 65.6 Å². The highest BCUT2D eigenvalue weighted by molar-refractivity contribution is 6.08. The summed E-state index contributed by atoms with van der Waals surface area (Å²) in [5.41, 5.74) is 5.77. The maximum absolute atomic E-state index is 14.8. The number of nitrogens with one attached hydrogen (secondary N) is 5. The maximum Gasteiger partial charge on any atom is 0.317 e. The van der Waals surface area contributed by atoms with Gasteiger partial charge in [0.1, 0.15) is 17.8 Å². The third kappa shape index (κ3) is 12.7. The predicted molar refractivity (Wildman–Crippen MR) is 309 cm³/mol. The van der Waals surface area contributed by atoms with Crippen LogP contribution in [-0.2, 0) is 40.8 Å². The van der Waals surface area contributed by atoms with E-state index in [-0.39, 0.29) is 53.6 Å². The lowest BCUT2D eigenvalue weighted by atomic mass is 9.92. The van der Waals surface area contributed by atoms with Crippen LogP contribution in [0.25, 0.3) is 16.5 Å². The summed E-state index contributed by atoms with van der Waals surface area (Å²) in [6, 6.07) is 8.41. The number of likely N-dealkylation sites (tertiary alicyclic amines) is 1. The molecule has 0 radical (unpaired) electrons. The number of methoxy groups -OCH3 is 1. The first-order valence-electron chi connectivity index (χ1n) is 28.4. The SMILES string of the molecule is CNC(=O)COc1cc2cc(Nc3nc(N4CCC(C(=O)NCCCCCC(=O)N5CCC(n6nc(N7CCCc8cc(/C(C=N)=C/[NH2+]C)c(C(F)F)cc87)c7c6CCN(C(=O)NC)C7)CC5)CC4)ncc3C)cc(OC)c2n(C)c1=O. The fourth-order valence-electron chi connectivity index (χ4n) is 11.7. The van der Waals surface area contributed by atoms with E-state index in [1.807, 2.05) is 22.8 Å². The number of amides is 5. The fourth-order valence-corrected chi connectivity index (χ4v) is 11.7. The van der Waals surface area contributed by atoms with Gasteiger partial charge in [0.25, 0.3) is 17.9 Å². The van der Waals surface area contributed by atoms with E-state index in [2.05, 4.69) is 35.8 Å². The quantitative estimate of drug-likeness (QED) is 0.0424. The van der Waals surface area contributed by atoms with Gasteiger partial charge in [0.15, 0.2) is 18.2 Å². The molecule has 438 valence electrons. The number of carbonyl (C=O) groups is 4. The number of alkyl halides is 2. The number of aryl methyl sites for hydroxylation is 3. The number of urea groups is 1. The molecule has 5 aromatic rings. The highest BCUT2D eigenvalue weighted by Gasteiger charge is 2.36. The third-order valence-electron chi connectivity index (χ3n) is 16.2. The predicted octanol–water partition coefficient (Wildman–Crippen LogP) is 5.37. The number of carbonyl (C=O) groups excluding carboxylic acids is 4. The number of nitrogens with zero attached hydrogens (tertiary/aromatic N) is 9. The summed E-state index contributed by atoms with van der Waals surface area (Å²) in [5, 5.41) is 27.4. The van der Waals surface area contributed by atoms with Gasteiger partial charge in [-0.1, -0.05) is 6.42 Å². The van der Waals surface area contributed by atoms with E-state index in [1.54, 1.807) is 68.0 Å². The number of nitrogens with two attached hydrogens (primary N) is 1. The minimum atomic E-state index is -2.76. The molecule has 24 heteroatoms. The fraction of sp³-hybridized carbons (Fsp3) is 0.500. The lowest BCUT2D eigenvalue weighted by molar-refractivity contribution is -0.555. The van der Waals surface area contributed by atoms with Crippen LogP contribution in [0.4, 0.5) is 42.5 Å². The third-order valence-corrected chi connectivity index (χ3v) is 16.2. The smallest absolute Gasteiger partial charge is 0.317 e. The molecule has 4 aliphatic heterocycles. The van der Waals surface area contributed by atoms with Crippen molar-refractivity contribution in [3.05, 3.63) is 86.6 Å². The molecule has 0 atom stereocenters. The van der Waals surface area contributed by atoms with Crippen molar-refractivity contribution in [2.45, 2.75) is 96.6 Å². The van der Waals surface area contributed by atoms with Crippen LogP contribution < -0.4 is 51.4 Å². The van der Waals surface area contributed by atoms with Crippen LogP contribution in [0.15, 0.2) is 47.5 Å². The number of allylic oxidation sites excluding steroid dienone is 1. The minimum absolute atomic E-state index is 0.0175. The molecule has 0 unspecified atom stereocenters. The van der Waals surface area contributed by atoms with Gasteiger partial charge in [-0.05, 0) is 93.7 Å². The molecule has 2 saturated heterocycles. The molecule has 5 amide bonds. The van der Waals surface area contributed by atoms with Crippen molar-refractivity contribution in [1.29, 1.82) is 5.41 Å². The highest BCUT2D eigenvalue weighted by Crippen LogP contribution is 2.43. The molecule has 3 aromatic heterocycles. The number of benzene rings is 2. The summed E-state index contributed by atoms with van der Waals surface area (Å²) in [6.45, 7) is 5.92. The molecule has 22 nitrogen and oxygen atoms in total. The van der Waals surface area contributed by atoms with Gasteiger partial charge in [-0.2, -0.15) is 10.1 Å². The van der Waals surface area contributed by atoms with Gasteiger partial charge in [0.05, 0.1) is 37.8 Å². The molecule has 82 heavy (non-hydrogen) atoms. The zero-order valence-corrected chi connectivity index (χ0v) is 47.7. The number of aromatic nitrogens is 5. The standard InChI is InChI=1S/C58H75F2N15O7/c1-35-31-66-57(68-53(35)67-40-25-38-27-48(82-34-49(76)63-3)56(79)70(5)51(38)47(28-40)81-6)72-20-13-36(14-21-72)55(78)65-18-9-7-8-12-50(77)71-22-15-41(16-23-71)75-45-17-24-73(58(80)64-4)33-44(45)54(69-75)74-19-10-11-37-26-42(39(30-61)32-62-2)43(52(59)60)29-46(37)74/h25-32,36,41,52,61-62H,7-24,33-34H2,1-6H3,(H,63,76)(H,64,80)(H,65,78)(H,66,67,68)/p+1/b39-32+,61-30?. The van der Waals surface area contributed by atoms with E-state index in [9.17, 15) is 32.8 Å². The molecular formula is C58H76F2N15O7+. The van der Waals surface area contributed by atoms with Gasteiger partial charge in [0, 0.05) is 143 Å². The van der Waals surface area contributed by atoms with Gasteiger partial charge in [0.2, 0.25) is 17.8 Å². The highest BCUT2D eigenvalue weighted by atomic mass is 19.3. The molecule has 2 fully saturated rings. The Bertz CT molecular complexity index is 3290. The Morgan fingerprint density at radius 3 is 2.41 bits per heavy atom. The van der Waals surface area contributed by atoms with Crippen molar-refractivity contribution in [2.24, 2.45) is 13.0 Å². The average Bonchev–Trinajstić information content (AvgIpc) is 3.19. The monoisotopic (exact) mass is 1130 g/mol. The molecule has 0 saturated carbocycles. The van der Waals surface area contributed by atoms with Crippen molar-refractivity contribution in [3.8, 4) is 11.5 Å². The van der Waals surface area contributed by atoms with Crippen LogP contribution in [0.3, 0.4) is 0 Å². The maximum atomic E-state index is 14.8. The number of likely N-dealkylation sites (N-methyl/N-ethyl adjacent to an activating group) is 1. The van der Waals surface area contributed by atoms with Gasteiger partial charge in [-0.3, -0.25) is 23.9 Å². The van der Waals surface area contributed by atoms with E-state index < -0.39 is 12.0 Å². The van der Waals surface area contributed by atoms with Crippen molar-refractivity contribution < 1.29 is 42.7 Å². The first-order valence-corrected chi connectivity index (χ1v) is 28.4. The van der Waals surface area contributed by atoms with Crippen LogP contribution in [0.1, 0.15) is 104 Å². The number of piperidine rings is 2. The summed E-state index contributed by atoms with van der Waals surface area (Å²) in [7, 11) is 8.04. The average molecular weight is 1130 g/mol. The number of hydrogen-bond acceptors (Lipinski definition) is 14. The molecule has 0 bridgehead atoms. The number of pyridine rings is 1.